The Bertz CT molecular complexity index is 2240. The number of rotatable bonds is 10. The van der Waals surface area contributed by atoms with Crippen LogP contribution in [0.3, 0.4) is 0 Å². The minimum absolute atomic E-state index is 0.971. The summed E-state index contributed by atoms with van der Waals surface area (Å²) < 4.78 is 0. The molecular formula is C51H43S2+. The predicted octanol–water partition coefficient (Wildman–Crippen LogP) is 13.6. The zero-order chi connectivity index (χ0) is 36.2. The highest BCUT2D eigenvalue weighted by atomic mass is 32.2. The quantitative estimate of drug-likeness (QED) is 0.102. The molecule has 2 heteroatoms. The van der Waals surface area contributed by atoms with Crippen LogP contribution in [-0.2, 0) is 12.6 Å². The summed E-state index contributed by atoms with van der Waals surface area (Å²) in [6, 6.07) is 53.1. The number of benzene rings is 5. The van der Waals surface area contributed by atoms with E-state index in [1.165, 1.54) is 48.8 Å². The monoisotopic (exact) mass is 719 g/mol. The van der Waals surface area contributed by atoms with E-state index in [1.807, 2.05) is 23.9 Å². The molecule has 1 heterocycles. The van der Waals surface area contributed by atoms with Crippen LogP contribution in [0.15, 0.2) is 229 Å². The first-order chi connectivity index (χ1) is 26.1. The second-order valence-electron chi connectivity index (χ2n) is 13.1. The number of thioether (sulfide) groups is 1. The lowest BCUT2D eigenvalue weighted by molar-refractivity contribution is 0.805. The molecule has 0 atom stereocenters. The van der Waals surface area contributed by atoms with E-state index in [2.05, 4.69) is 207 Å². The molecular weight excluding hydrogens is 677 g/mol. The summed E-state index contributed by atoms with van der Waals surface area (Å²) in [4.78, 5) is 3.54. The lowest BCUT2D eigenvalue weighted by Gasteiger charge is -2.22. The fraction of sp³-hybridized carbons (Fsp3) is 0.0588. The lowest BCUT2D eigenvalue weighted by atomic mass is 9.82. The summed E-state index contributed by atoms with van der Waals surface area (Å²) in [6.45, 7) is 4.44. The Labute approximate surface area is 324 Å². The van der Waals surface area contributed by atoms with Crippen molar-refractivity contribution < 1.29 is 0 Å². The van der Waals surface area contributed by atoms with Crippen LogP contribution in [0, 0.1) is 0 Å². The zero-order valence-electron chi connectivity index (χ0n) is 29.8. The van der Waals surface area contributed by atoms with Crippen molar-refractivity contribution in [1.82, 2.24) is 0 Å². The van der Waals surface area contributed by atoms with Crippen LogP contribution in [0.4, 0.5) is 0 Å². The molecule has 0 saturated carbocycles. The molecule has 5 aromatic rings. The van der Waals surface area contributed by atoms with E-state index in [1.54, 1.807) is 0 Å². The van der Waals surface area contributed by atoms with Gasteiger partial charge in [0.25, 0.3) is 0 Å². The maximum atomic E-state index is 4.44. The number of hydrogen-bond donors (Lipinski definition) is 0. The van der Waals surface area contributed by atoms with Gasteiger partial charge in [-0.05, 0) is 118 Å². The summed E-state index contributed by atoms with van der Waals surface area (Å²) >= 11 is 5.77. The molecule has 53 heavy (non-hydrogen) atoms. The van der Waals surface area contributed by atoms with Crippen LogP contribution in [0.1, 0.15) is 47.1 Å². The predicted molar refractivity (Wildman–Crippen MR) is 237 cm³/mol. The molecule has 0 unspecified atom stereocenters. The molecule has 1 aliphatic carbocycles. The Morgan fingerprint density at radius 3 is 1.64 bits per heavy atom. The Kier molecular flexibility index (Phi) is 12.0. The highest BCUT2D eigenvalue weighted by Gasteiger charge is 2.19. The maximum Gasteiger partial charge on any atom is 0.158 e. The van der Waals surface area contributed by atoms with Gasteiger partial charge in [-0.1, -0.05) is 182 Å². The van der Waals surface area contributed by atoms with Crippen molar-refractivity contribution in [2.24, 2.45) is 0 Å². The Morgan fingerprint density at radius 1 is 0.566 bits per heavy atom. The van der Waals surface area contributed by atoms with E-state index in [0.29, 0.717) is 0 Å². The normalized spacial score (nSPS) is 16.1. The first-order valence-corrected chi connectivity index (χ1v) is 19.5. The van der Waals surface area contributed by atoms with Gasteiger partial charge in [0.15, 0.2) is 4.91 Å². The van der Waals surface area contributed by atoms with Gasteiger partial charge in [0.2, 0.25) is 0 Å². The van der Waals surface area contributed by atoms with Crippen molar-refractivity contribution in [2.75, 3.05) is 0 Å². The van der Waals surface area contributed by atoms with Crippen molar-refractivity contribution in [2.45, 2.75) is 19.3 Å². The van der Waals surface area contributed by atoms with Gasteiger partial charge in [0, 0.05) is 21.4 Å². The maximum absolute atomic E-state index is 4.44. The minimum atomic E-state index is 0.971. The van der Waals surface area contributed by atoms with Gasteiger partial charge in [-0.2, -0.15) is 0 Å². The van der Waals surface area contributed by atoms with Crippen LogP contribution in [0.2, 0.25) is 0 Å². The third-order valence-electron chi connectivity index (χ3n) is 9.36. The summed E-state index contributed by atoms with van der Waals surface area (Å²) in [5.41, 5.74) is 13.2. The second kappa shape index (κ2) is 17.8. The summed E-state index contributed by atoms with van der Waals surface area (Å²) in [7, 11) is 0. The van der Waals surface area contributed by atoms with E-state index < -0.39 is 0 Å². The largest absolute Gasteiger partial charge is 0.158 e. The first-order valence-electron chi connectivity index (χ1n) is 18.2. The van der Waals surface area contributed by atoms with Crippen LogP contribution in [0.5, 0.6) is 0 Å². The van der Waals surface area contributed by atoms with E-state index in [9.17, 15) is 0 Å². The van der Waals surface area contributed by atoms with E-state index in [4.69, 9.17) is 0 Å². The van der Waals surface area contributed by atoms with Crippen molar-refractivity contribution in [3.05, 3.63) is 257 Å². The van der Waals surface area contributed by atoms with Gasteiger partial charge in [-0.15, -0.1) is 0 Å². The molecule has 0 spiro atoms. The van der Waals surface area contributed by atoms with Gasteiger partial charge < -0.3 is 0 Å². The second-order valence-corrected chi connectivity index (χ2v) is 14.7. The molecule has 5 aromatic carbocycles. The molecule has 0 nitrogen and oxygen atoms in total. The SMILES string of the molecule is C=C(/C=C(/C=C\C1=C(c2ccccc2)C(=C/C=C2C=C(c3ccccc3)SC(c3ccccc3)=C2)/CCC1)\C=C(/[SH2+])c1ccccc1)c1ccccc1. The molecule has 0 saturated heterocycles. The van der Waals surface area contributed by atoms with Crippen molar-refractivity contribution in [3.8, 4) is 0 Å². The highest BCUT2D eigenvalue weighted by Crippen LogP contribution is 2.44. The molecule has 258 valence electrons. The molecule has 1 aliphatic heterocycles. The molecule has 0 N–H and O–H groups in total. The third kappa shape index (κ3) is 9.47. The van der Waals surface area contributed by atoms with Crippen LogP contribution in [-0.4, -0.2) is 0 Å². The van der Waals surface area contributed by atoms with Gasteiger partial charge in [0.05, 0.1) is 0 Å². The van der Waals surface area contributed by atoms with Gasteiger partial charge in [-0.3, -0.25) is 0 Å². The third-order valence-corrected chi connectivity index (χ3v) is 10.9. The van der Waals surface area contributed by atoms with Crippen molar-refractivity contribution in [3.63, 3.8) is 0 Å². The fourth-order valence-corrected chi connectivity index (χ4v) is 8.15. The summed E-state index contributed by atoms with van der Waals surface area (Å²) in [6.07, 6.45) is 21.4. The van der Waals surface area contributed by atoms with Crippen LogP contribution in [0.25, 0.3) is 25.9 Å². The average Bonchev–Trinajstić information content (AvgIpc) is 3.23. The van der Waals surface area contributed by atoms with E-state index in [-0.39, 0.29) is 0 Å². The van der Waals surface area contributed by atoms with Gasteiger partial charge in [-0.25, -0.2) is 0 Å². The van der Waals surface area contributed by atoms with E-state index in [0.717, 1.165) is 46.4 Å². The van der Waals surface area contributed by atoms with Crippen molar-refractivity contribution in [1.29, 1.82) is 0 Å². The molecule has 0 radical (unpaired) electrons. The van der Waals surface area contributed by atoms with E-state index >= 15 is 0 Å². The smallest absolute Gasteiger partial charge is 0.0911 e. The summed E-state index contributed by atoms with van der Waals surface area (Å²) in [5, 5.41) is 0. The molecule has 0 amide bonds. The van der Waals surface area contributed by atoms with Gasteiger partial charge in [0.1, 0.15) is 0 Å². The first kappa shape index (κ1) is 35.8. The summed E-state index contributed by atoms with van der Waals surface area (Å²) in [5.74, 6) is 0. The van der Waals surface area contributed by atoms with Crippen LogP contribution < -0.4 is 0 Å². The topological polar surface area (TPSA) is 0 Å². The molecule has 0 bridgehead atoms. The van der Waals surface area contributed by atoms with Gasteiger partial charge >= 0.3 is 0 Å². The molecule has 7 rings (SSSR count). The Hall–Kier alpha value is -5.54. The van der Waals surface area contributed by atoms with Crippen molar-refractivity contribution >= 4 is 50.3 Å². The molecule has 0 fully saturated rings. The molecule has 0 aromatic heterocycles. The number of hydrogen-bond acceptors (Lipinski definition) is 1. The fourth-order valence-electron chi connectivity index (χ4n) is 6.68. The number of allylic oxidation sites excluding steroid dienone is 14. The molecule has 2 aliphatic rings. The Morgan fingerprint density at radius 2 is 1.08 bits per heavy atom. The highest BCUT2D eigenvalue weighted by molar-refractivity contribution is 8.16. The Balaban J connectivity index is 1.30. The standard InChI is InChI=1S/C51H42S2/c1-38(41-18-7-2-8-19-41)34-39(35-48(52)42-20-9-3-10-21-42)30-32-46-28-17-29-47(51(46)45-26-15-6-16-27-45)33-31-40-36-49(43-22-11-4-12-23-43)53-50(37-40)44-24-13-5-14-25-44/h2-16,18-27,30-37,52H,1,17,28-29H2/p+1/b32-30-,39-34-,47-33+,48-35-. The average molecular weight is 720 g/mol. The zero-order valence-corrected chi connectivity index (χ0v) is 31.6. The lowest BCUT2D eigenvalue weighted by Crippen LogP contribution is -2.02. The van der Waals surface area contributed by atoms with Crippen LogP contribution >= 0.6 is 11.8 Å². The minimum Gasteiger partial charge on any atom is -0.0911 e.